The van der Waals surface area contributed by atoms with E-state index in [1.54, 1.807) is 13.8 Å². The van der Waals surface area contributed by atoms with Crippen molar-refractivity contribution in [3.05, 3.63) is 0 Å². The lowest BCUT2D eigenvalue weighted by Crippen LogP contribution is -2.40. The van der Waals surface area contributed by atoms with Crippen molar-refractivity contribution in [2.24, 2.45) is 11.7 Å². The van der Waals surface area contributed by atoms with Crippen molar-refractivity contribution in [2.75, 3.05) is 21.3 Å². The molecule has 0 aromatic rings. The second-order valence-electron chi connectivity index (χ2n) is 4.47. The van der Waals surface area contributed by atoms with Gasteiger partial charge in [0.05, 0.1) is 31.7 Å². The van der Waals surface area contributed by atoms with E-state index in [1.807, 2.05) is 0 Å². The predicted octanol–water partition coefficient (Wildman–Crippen LogP) is -0.282. The summed E-state index contributed by atoms with van der Waals surface area (Å²) in [6, 6.07) is -0.921. The number of carboxylic acids is 2. The van der Waals surface area contributed by atoms with Gasteiger partial charge in [0.1, 0.15) is 6.04 Å². The van der Waals surface area contributed by atoms with Gasteiger partial charge in [-0.05, 0) is 13.8 Å². The number of hydrogen-bond acceptors (Lipinski definition) is 7. The fourth-order valence-corrected chi connectivity index (χ4v) is 1.23. The zero-order valence-electron chi connectivity index (χ0n) is 13.4. The van der Waals surface area contributed by atoms with E-state index in [4.69, 9.17) is 20.7 Å². The molecular weight excluding hydrogens is 298 g/mol. The number of aliphatic carboxylic acids is 2. The molecule has 0 saturated heterocycles. The number of esters is 1. The molecule has 4 atom stereocenters. The van der Waals surface area contributed by atoms with E-state index in [2.05, 4.69) is 9.47 Å². The molecule has 0 saturated carbocycles. The summed E-state index contributed by atoms with van der Waals surface area (Å²) in [5.74, 6) is -3.49. The van der Waals surface area contributed by atoms with Crippen LogP contribution in [0, 0.1) is 5.92 Å². The molecule has 130 valence electrons. The lowest BCUT2D eigenvalue weighted by molar-refractivity contribution is -0.154. The number of carbonyl (C=O) groups is 3. The van der Waals surface area contributed by atoms with Crippen LogP contribution >= 0.6 is 0 Å². The Labute approximate surface area is 129 Å². The average Bonchev–Trinajstić information content (AvgIpc) is 2.49. The fraction of sp³-hybridized carbons (Fsp3) is 0.769. The van der Waals surface area contributed by atoms with Crippen molar-refractivity contribution in [1.29, 1.82) is 0 Å². The summed E-state index contributed by atoms with van der Waals surface area (Å²) in [6.45, 7) is 3.21. The van der Waals surface area contributed by atoms with Gasteiger partial charge >= 0.3 is 17.9 Å². The minimum absolute atomic E-state index is 0.166. The van der Waals surface area contributed by atoms with E-state index in [-0.39, 0.29) is 6.42 Å². The highest BCUT2D eigenvalue weighted by Gasteiger charge is 2.27. The van der Waals surface area contributed by atoms with Gasteiger partial charge in [0.15, 0.2) is 0 Å². The first-order valence-electron chi connectivity index (χ1n) is 6.45. The molecule has 0 aromatic heterocycles. The van der Waals surface area contributed by atoms with Crippen LogP contribution in [-0.2, 0) is 28.6 Å². The molecule has 0 fully saturated rings. The number of carbonyl (C=O) groups excluding carboxylic acids is 1. The highest BCUT2D eigenvalue weighted by molar-refractivity contribution is 5.79. The summed E-state index contributed by atoms with van der Waals surface area (Å²) in [7, 11) is 4.05. The van der Waals surface area contributed by atoms with E-state index >= 15 is 0 Å². The van der Waals surface area contributed by atoms with Crippen LogP contribution in [0.5, 0.6) is 0 Å². The Morgan fingerprint density at radius 2 is 1.41 bits per heavy atom. The summed E-state index contributed by atoms with van der Waals surface area (Å²) in [6.07, 6.45) is -1.10. The molecular formula is C13H25NO8. The van der Waals surface area contributed by atoms with Gasteiger partial charge in [-0.15, -0.1) is 0 Å². The number of nitrogens with two attached hydrogens (primary N) is 1. The lowest BCUT2D eigenvalue weighted by atomic mass is 10.0. The first kappa shape index (κ1) is 22.6. The minimum Gasteiger partial charge on any atom is -0.481 e. The zero-order chi connectivity index (χ0) is 17.9. The topological polar surface area (TPSA) is 145 Å². The third kappa shape index (κ3) is 9.27. The van der Waals surface area contributed by atoms with Gasteiger partial charge in [-0.2, -0.15) is 0 Å². The van der Waals surface area contributed by atoms with Gasteiger partial charge < -0.3 is 30.2 Å². The first-order valence-corrected chi connectivity index (χ1v) is 6.45. The molecule has 4 N–H and O–H groups in total. The molecule has 0 aromatic carbocycles. The van der Waals surface area contributed by atoms with Crippen LogP contribution in [0.1, 0.15) is 20.3 Å². The minimum atomic E-state index is -1.06. The molecule has 0 heterocycles. The summed E-state index contributed by atoms with van der Waals surface area (Å²) >= 11 is 0. The Morgan fingerprint density at radius 1 is 0.955 bits per heavy atom. The number of methoxy groups -OCH3 is 3. The van der Waals surface area contributed by atoms with E-state index in [9.17, 15) is 14.4 Å². The molecule has 0 aliphatic rings. The Morgan fingerprint density at radius 3 is 1.64 bits per heavy atom. The van der Waals surface area contributed by atoms with E-state index in [0.717, 1.165) is 0 Å². The van der Waals surface area contributed by atoms with Crippen molar-refractivity contribution in [3.8, 4) is 0 Å². The van der Waals surface area contributed by atoms with Crippen LogP contribution < -0.4 is 5.73 Å². The van der Waals surface area contributed by atoms with Crippen molar-refractivity contribution < 1.29 is 38.8 Å². The monoisotopic (exact) mass is 323 g/mol. The molecule has 22 heavy (non-hydrogen) atoms. The van der Waals surface area contributed by atoms with Crippen molar-refractivity contribution >= 4 is 17.9 Å². The summed E-state index contributed by atoms with van der Waals surface area (Å²) in [4.78, 5) is 31.6. The molecule has 0 rings (SSSR count). The molecule has 0 aliphatic carbocycles. The van der Waals surface area contributed by atoms with E-state index in [1.165, 1.54) is 21.3 Å². The highest BCUT2D eigenvalue weighted by atomic mass is 16.5. The van der Waals surface area contributed by atoms with Crippen LogP contribution in [0.25, 0.3) is 0 Å². The second-order valence-corrected chi connectivity index (χ2v) is 4.47. The van der Waals surface area contributed by atoms with Crippen molar-refractivity contribution in [2.45, 2.75) is 38.5 Å². The molecule has 0 radical (unpaired) electrons. The molecule has 0 aliphatic heterocycles. The highest BCUT2D eigenvalue weighted by Crippen LogP contribution is 2.12. The van der Waals surface area contributed by atoms with Gasteiger partial charge in [0, 0.05) is 14.2 Å². The first-order chi connectivity index (χ1) is 10.1. The number of ether oxygens (including phenoxy) is 3. The Kier molecular flexibility index (Phi) is 12.2. The average molecular weight is 323 g/mol. The molecule has 0 spiro atoms. The quantitative estimate of drug-likeness (QED) is 0.513. The van der Waals surface area contributed by atoms with Gasteiger partial charge in [0.25, 0.3) is 0 Å². The number of hydrogen-bond donors (Lipinski definition) is 3. The van der Waals surface area contributed by atoms with Crippen LogP contribution in [0.15, 0.2) is 0 Å². The third-order valence-electron chi connectivity index (χ3n) is 3.03. The Balaban J connectivity index is 0. The van der Waals surface area contributed by atoms with Crippen LogP contribution in [0.2, 0.25) is 0 Å². The van der Waals surface area contributed by atoms with E-state index in [0.29, 0.717) is 0 Å². The Hall–Kier alpha value is -1.71. The van der Waals surface area contributed by atoms with Gasteiger partial charge in [-0.1, -0.05) is 0 Å². The number of rotatable bonds is 8. The fourth-order valence-electron chi connectivity index (χ4n) is 1.23. The lowest BCUT2D eigenvalue weighted by Gasteiger charge is -2.17. The van der Waals surface area contributed by atoms with Crippen molar-refractivity contribution in [3.63, 3.8) is 0 Å². The van der Waals surface area contributed by atoms with Crippen molar-refractivity contribution in [1.82, 2.24) is 0 Å². The largest absolute Gasteiger partial charge is 0.481 e. The Bertz CT molecular complexity index is 360. The number of carboxylic acid groups (broad SMARTS) is 2. The normalized spacial score (nSPS) is 15.5. The predicted molar refractivity (Wildman–Crippen MR) is 76.3 cm³/mol. The molecule has 0 bridgehead atoms. The maximum atomic E-state index is 10.8. The van der Waals surface area contributed by atoms with Gasteiger partial charge in [-0.3, -0.25) is 14.4 Å². The molecule has 0 amide bonds. The second kappa shape index (κ2) is 11.9. The third-order valence-corrected chi connectivity index (χ3v) is 3.03. The van der Waals surface area contributed by atoms with Crippen LogP contribution in [0.4, 0.5) is 0 Å². The maximum Gasteiger partial charge on any atom is 0.323 e. The van der Waals surface area contributed by atoms with Gasteiger partial charge in [0.2, 0.25) is 0 Å². The smallest absolute Gasteiger partial charge is 0.323 e. The summed E-state index contributed by atoms with van der Waals surface area (Å²) in [5, 5.41) is 17.0. The molecule has 9 nitrogen and oxygen atoms in total. The molecule has 9 heteroatoms. The standard InChI is InChI=1S/C8H14O5.C5H11NO3/c1-5(12-2)6(8(10)11)4-7(9)13-3;1-3(9-2)4(6)5(7)8/h5-6H,4H2,1-3H3,(H,10,11);3-4H,6H2,1-2H3,(H,7,8)/t5-,6+;3-,4+/m11/s1. The zero-order valence-corrected chi connectivity index (χ0v) is 13.4. The maximum absolute atomic E-state index is 10.8. The summed E-state index contributed by atoms with van der Waals surface area (Å²) in [5.41, 5.74) is 5.15. The van der Waals surface area contributed by atoms with Gasteiger partial charge in [-0.25, -0.2) is 0 Å². The SMILES string of the molecule is COC(=O)C[C@H](C(=O)O)[C@@H](C)OC.CO[C@H](C)[C@H](N)C(=O)O. The van der Waals surface area contributed by atoms with Crippen LogP contribution in [0.3, 0.4) is 0 Å². The molecule has 0 unspecified atom stereocenters. The van der Waals surface area contributed by atoms with Crippen LogP contribution in [-0.4, -0.2) is 67.7 Å². The summed E-state index contributed by atoms with van der Waals surface area (Å²) < 4.78 is 13.9. The van der Waals surface area contributed by atoms with E-state index < -0.39 is 42.1 Å².